The van der Waals surface area contributed by atoms with Crippen LogP contribution >= 0.6 is 0 Å². The average Bonchev–Trinajstić information content (AvgIpc) is 3.15. The lowest BCUT2D eigenvalue weighted by Crippen LogP contribution is -2.46. The van der Waals surface area contributed by atoms with Crippen molar-refractivity contribution in [3.63, 3.8) is 0 Å². The van der Waals surface area contributed by atoms with Gasteiger partial charge in [0.1, 0.15) is 17.1 Å². The summed E-state index contributed by atoms with van der Waals surface area (Å²) in [6, 6.07) is 5.14. The van der Waals surface area contributed by atoms with Crippen LogP contribution in [0.4, 0.5) is 0 Å². The van der Waals surface area contributed by atoms with Gasteiger partial charge in [-0.2, -0.15) is 0 Å². The molecule has 1 spiro atoms. The minimum absolute atomic E-state index is 0.0717. The Balaban J connectivity index is 1.72. The predicted molar refractivity (Wildman–Crippen MR) is 90.1 cm³/mol. The van der Waals surface area contributed by atoms with Crippen LogP contribution in [-0.4, -0.2) is 34.5 Å². The number of carbonyl (C=O) groups excluding carboxylic acids is 2. The van der Waals surface area contributed by atoms with Gasteiger partial charge in [0.05, 0.1) is 11.8 Å². The summed E-state index contributed by atoms with van der Waals surface area (Å²) in [6.07, 6.45) is 6.83. The summed E-state index contributed by atoms with van der Waals surface area (Å²) in [6.45, 7) is 0. The lowest BCUT2D eigenvalue weighted by atomic mass is 9.64. The number of carbonyl (C=O) groups is 2. The molecule has 2 aliphatic heterocycles. The van der Waals surface area contributed by atoms with Gasteiger partial charge >= 0.3 is 0 Å². The van der Waals surface area contributed by atoms with E-state index in [9.17, 15) is 14.7 Å². The lowest BCUT2D eigenvalue weighted by Gasteiger charge is -2.46. The molecule has 4 aliphatic rings. The van der Waals surface area contributed by atoms with Crippen molar-refractivity contribution in [2.24, 2.45) is 11.8 Å². The zero-order valence-corrected chi connectivity index (χ0v) is 14.2. The number of fused-ring (bicyclic) bond motifs is 6. The third-order valence-electron chi connectivity index (χ3n) is 6.56. The van der Waals surface area contributed by atoms with Gasteiger partial charge in [-0.05, 0) is 43.7 Å². The topological polar surface area (TPSA) is 66.8 Å². The van der Waals surface area contributed by atoms with Crippen molar-refractivity contribution in [3.05, 3.63) is 35.4 Å². The summed E-state index contributed by atoms with van der Waals surface area (Å²) in [5.41, 5.74) is 1.73. The molecule has 3 atom stereocenters. The molecule has 25 heavy (non-hydrogen) atoms. The third-order valence-corrected chi connectivity index (χ3v) is 6.56. The van der Waals surface area contributed by atoms with E-state index in [2.05, 4.69) is 6.08 Å². The predicted octanol–water partition coefficient (Wildman–Crippen LogP) is 2.74. The first kappa shape index (κ1) is 15.0. The number of allylic oxidation sites excluding steroid dienone is 1. The van der Waals surface area contributed by atoms with Gasteiger partial charge in [-0.15, -0.1) is 0 Å². The number of ether oxygens (including phenoxy) is 1. The Labute approximate surface area is 146 Å². The molecular formula is C20H21NO4. The van der Waals surface area contributed by atoms with Gasteiger partial charge < -0.3 is 9.84 Å². The van der Waals surface area contributed by atoms with Crippen LogP contribution in [0.25, 0.3) is 0 Å². The van der Waals surface area contributed by atoms with Gasteiger partial charge in [0, 0.05) is 24.6 Å². The summed E-state index contributed by atoms with van der Waals surface area (Å²) in [5, 5.41) is 9.92. The number of aromatic hydroxyl groups is 1. The van der Waals surface area contributed by atoms with Crippen molar-refractivity contribution in [1.29, 1.82) is 0 Å². The Morgan fingerprint density at radius 2 is 1.96 bits per heavy atom. The van der Waals surface area contributed by atoms with Crippen LogP contribution < -0.4 is 4.74 Å². The Kier molecular flexibility index (Phi) is 2.92. The number of imide groups is 1. The zero-order chi connectivity index (χ0) is 17.3. The molecule has 0 radical (unpaired) electrons. The number of nitrogens with zero attached hydrogens (tertiary/aromatic N) is 1. The average molecular weight is 339 g/mol. The van der Waals surface area contributed by atoms with Crippen molar-refractivity contribution < 1.29 is 19.4 Å². The Bertz CT molecular complexity index is 821. The van der Waals surface area contributed by atoms with Gasteiger partial charge in [0.15, 0.2) is 0 Å². The van der Waals surface area contributed by atoms with Crippen molar-refractivity contribution in [2.75, 3.05) is 7.05 Å². The Morgan fingerprint density at radius 1 is 1.20 bits per heavy atom. The summed E-state index contributed by atoms with van der Waals surface area (Å²) in [4.78, 5) is 26.7. The van der Waals surface area contributed by atoms with Crippen LogP contribution in [0, 0.1) is 11.8 Å². The maximum absolute atomic E-state index is 12.9. The number of hydrogen-bond donors (Lipinski definition) is 1. The summed E-state index contributed by atoms with van der Waals surface area (Å²) >= 11 is 0. The van der Waals surface area contributed by atoms with E-state index >= 15 is 0 Å². The second kappa shape index (κ2) is 4.87. The molecule has 1 aromatic carbocycles. The lowest BCUT2D eigenvalue weighted by molar-refractivity contribution is -0.138. The number of benzene rings is 1. The molecule has 1 saturated heterocycles. The highest BCUT2D eigenvalue weighted by Gasteiger charge is 2.58. The fourth-order valence-corrected chi connectivity index (χ4v) is 5.41. The third kappa shape index (κ3) is 1.84. The van der Waals surface area contributed by atoms with Crippen LogP contribution in [-0.2, 0) is 9.59 Å². The van der Waals surface area contributed by atoms with E-state index in [1.807, 2.05) is 6.07 Å². The van der Waals surface area contributed by atoms with Crippen LogP contribution in [0.1, 0.15) is 43.6 Å². The van der Waals surface area contributed by atoms with Crippen molar-refractivity contribution >= 4 is 11.8 Å². The van der Waals surface area contributed by atoms with Gasteiger partial charge in [0.25, 0.3) is 0 Å². The standard InChI is InChI=1S/C20H21NO4/c1-21-18(23)13-6-7-14-16(17(13)19(21)24)12-5-4-11(22)10-15(12)25-20(14)8-2-3-9-20/h4-5,7,10,13,16-17,22H,2-3,6,8-9H2,1H3/t13-,16+,17-/m1/s1. The molecule has 1 saturated carbocycles. The summed E-state index contributed by atoms with van der Waals surface area (Å²) in [5.74, 6) is -0.0661. The van der Waals surface area contributed by atoms with Gasteiger partial charge in [-0.3, -0.25) is 14.5 Å². The van der Waals surface area contributed by atoms with Gasteiger partial charge in [-0.1, -0.05) is 12.1 Å². The fourth-order valence-electron chi connectivity index (χ4n) is 5.41. The molecular weight excluding hydrogens is 318 g/mol. The van der Waals surface area contributed by atoms with Gasteiger partial charge in [-0.25, -0.2) is 0 Å². The van der Waals surface area contributed by atoms with E-state index in [4.69, 9.17) is 4.74 Å². The van der Waals surface area contributed by atoms with E-state index in [1.54, 1.807) is 19.2 Å². The number of phenolic OH excluding ortho intramolecular Hbond substituents is 1. The molecule has 5 heteroatoms. The molecule has 2 aliphatic carbocycles. The summed E-state index contributed by atoms with van der Waals surface area (Å²) < 4.78 is 6.43. The Hall–Kier alpha value is -2.30. The highest BCUT2D eigenvalue weighted by Crippen LogP contribution is 2.58. The highest BCUT2D eigenvalue weighted by atomic mass is 16.5. The largest absolute Gasteiger partial charge is 0.508 e. The number of phenols is 1. The van der Waals surface area contributed by atoms with Crippen LogP contribution in [0.3, 0.4) is 0 Å². The van der Waals surface area contributed by atoms with Crippen molar-refractivity contribution in [1.82, 2.24) is 4.90 Å². The summed E-state index contributed by atoms with van der Waals surface area (Å²) in [7, 11) is 1.59. The molecule has 2 amide bonds. The molecule has 5 nitrogen and oxygen atoms in total. The molecule has 1 aromatic rings. The van der Waals surface area contributed by atoms with E-state index in [1.165, 1.54) is 10.5 Å². The minimum Gasteiger partial charge on any atom is -0.508 e. The van der Waals surface area contributed by atoms with E-state index < -0.39 is 0 Å². The first-order valence-corrected chi connectivity index (χ1v) is 9.06. The van der Waals surface area contributed by atoms with Crippen LogP contribution in [0.2, 0.25) is 0 Å². The van der Waals surface area contributed by atoms with E-state index in [0.29, 0.717) is 12.2 Å². The molecule has 0 bridgehead atoms. The smallest absolute Gasteiger partial charge is 0.233 e. The van der Waals surface area contributed by atoms with Crippen LogP contribution in [0.5, 0.6) is 11.5 Å². The number of likely N-dealkylation sites (tertiary alicyclic amines) is 1. The molecule has 2 heterocycles. The van der Waals surface area contributed by atoms with Gasteiger partial charge in [0.2, 0.25) is 11.8 Å². The monoisotopic (exact) mass is 339 g/mol. The molecule has 1 N–H and O–H groups in total. The second-order valence-corrected chi connectivity index (χ2v) is 7.77. The first-order valence-electron chi connectivity index (χ1n) is 9.06. The van der Waals surface area contributed by atoms with E-state index in [-0.39, 0.29) is 40.9 Å². The molecule has 2 fully saturated rings. The first-order chi connectivity index (χ1) is 12.0. The normalized spacial score (nSPS) is 32.1. The molecule has 5 rings (SSSR count). The minimum atomic E-state index is -0.374. The number of amides is 2. The maximum Gasteiger partial charge on any atom is 0.233 e. The quantitative estimate of drug-likeness (QED) is 0.583. The zero-order valence-electron chi connectivity index (χ0n) is 14.2. The molecule has 130 valence electrons. The van der Waals surface area contributed by atoms with Crippen molar-refractivity contribution in [3.8, 4) is 11.5 Å². The SMILES string of the molecule is CN1C(=O)[C@H]2[C@@H]3C(=CC[C@H]2C1=O)C1(CCCC1)Oc1cc(O)ccc13. The maximum atomic E-state index is 12.9. The molecule has 0 aromatic heterocycles. The van der Waals surface area contributed by atoms with Crippen molar-refractivity contribution in [2.45, 2.75) is 43.6 Å². The highest BCUT2D eigenvalue weighted by molar-refractivity contribution is 6.06. The number of hydrogen-bond acceptors (Lipinski definition) is 4. The molecule has 0 unspecified atom stereocenters. The second-order valence-electron chi connectivity index (χ2n) is 7.77. The fraction of sp³-hybridized carbons (Fsp3) is 0.500. The number of rotatable bonds is 0. The van der Waals surface area contributed by atoms with Crippen LogP contribution in [0.15, 0.2) is 29.8 Å². The Morgan fingerprint density at radius 3 is 2.72 bits per heavy atom. The van der Waals surface area contributed by atoms with E-state index in [0.717, 1.165) is 31.2 Å².